The first-order valence-electron chi connectivity index (χ1n) is 6.26. The van der Waals surface area contributed by atoms with E-state index in [9.17, 15) is 14.4 Å². The van der Waals surface area contributed by atoms with E-state index in [-0.39, 0.29) is 26.2 Å². The summed E-state index contributed by atoms with van der Waals surface area (Å²) in [5, 5.41) is 4.98. The molecule has 1 rings (SSSR count). The fourth-order valence-electron chi connectivity index (χ4n) is 1.71. The zero-order valence-electron chi connectivity index (χ0n) is 11.9. The van der Waals surface area contributed by atoms with Gasteiger partial charge in [0.1, 0.15) is 12.1 Å². The standard InChI is InChI=1S/C12H21N3O5/c1-11(2,3)20-10(18)14-5-9(17)15-12(4-8(13)16)6-19-7-12/h4-7H2,1-3H3,(H2,13,16)(H,14,18)(H,15,17). The van der Waals surface area contributed by atoms with Gasteiger partial charge in [0.15, 0.2) is 0 Å². The molecule has 0 aromatic heterocycles. The van der Waals surface area contributed by atoms with E-state index >= 15 is 0 Å². The predicted octanol–water partition coefficient (Wildman–Crippen LogP) is -0.728. The number of primary amides is 1. The Morgan fingerprint density at radius 2 is 1.90 bits per heavy atom. The third kappa shape index (κ3) is 5.43. The van der Waals surface area contributed by atoms with Crippen LogP contribution in [0.3, 0.4) is 0 Å². The quantitative estimate of drug-likeness (QED) is 0.616. The van der Waals surface area contributed by atoms with Crippen molar-refractivity contribution in [3.05, 3.63) is 0 Å². The van der Waals surface area contributed by atoms with Gasteiger partial charge in [-0.15, -0.1) is 0 Å². The number of carbonyl (C=O) groups is 3. The molecule has 0 spiro atoms. The summed E-state index contributed by atoms with van der Waals surface area (Å²) in [7, 11) is 0. The van der Waals surface area contributed by atoms with Crippen LogP contribution in [-0.2, 0) is 19.1 Å². The molecule has 1 saturated heterocycles. The first-order chi connectivity index (χ1) is 9.12. The molecular formula is C12H21N3O5. The van der Waals surface area contributed by atoms with Gasteiger partial charge < -0.3 is 25.8 Å². The topological polar surface area (TPSA) is 120 Å². The number of hydrogen-bond donors (Lipinski definition) is 3. The maximum absolute atomic E-state index is 11.7. The summed E-state index contributed by atoms with van der Waals surface area (Å²) in [5.74, 6) is -0.950. The van der Waals surface area contributed by atoms with Gasteiger partial charge in [0.05, 0.1) is 25.2 Å². The molecule has 0 atom stereocenters. The molecule has 8 nitrogen and oxygen atoms in total. The molecule has 1 aliphatic rings. The van der Waals surface area contributed by atoms with E-state index in [0.29, 0.717) is 0 Å². The molecule has 0 aromatic rings. The highest BCUT2D eigenvalue weighted by Gasteiger charge is 2.41. The molecule has 0 unspecified atom stereocenters. The molecule has 20 heavy (non-hydrogen) atoms. The highest BCUT2D eigenvalue weighted by Crippen LogP contribution is 2.20. The van der Waals surface area contributed by atoms with Gasteiger partial charge in [0, 0.05) is 0 Å². The maximum Gasteiger partial charge on any atom is 0.408 e. The lowest BCUT2D eigenvalue weighted by Crippen LogP contribution is -2.64. The third-order valence-electron chi connectivity index (χ3n) is 2.47. The zero-order valence-corrected chi connectivity index (χ0v) is 11.9. The lowest BCUT2D eigenvalue weighted by molar-refractivity contribution is -0.137. The molecule has 1 heterocycles. The fourth-order valence-corrected chi connectivity index (χ4v) is 1.71. The molecule has 0 aliphatic carbocycles. The third-order valence-corrected chi connectivity index (χ3v) is 2.47. The van der Waals surface area contributed by atoms with Gasteiger partial charge >= 0.3 is 6.09 Å². The number of nitrogens with two attached hydrogens (primary N) is 1. The molecule has 4 N–H and O–H groups in total. The van der Waals surface area contributed by atoms with Crippen LogP contribution in [0.25, 0.3) is 0 Å². The number of alkyl carbamates (subject to hydrolysis) is 1. The number of nitrogens with one attached hydrogen (secondary N) is 2. The summed E-state index contributed by atoms with van der Waals surface area (Å²) >= 11 is 0. The van der Waals surface area contributed by atoms with Gasteiger partial charge in [-0.25, -0.2) is 4.79 Å². The van der Waals surface area contributed by atoms with Crippen molar-refractivity contribution in [1.29, 1.82) is 0 Å². The number of hydrogen-bond acceptors (Lipinski definition) is 5. The minimum absolute atomic E-state index is 0.00514. The van der Waals surface area contributed by atoms with E-state index in [4.69, 9.17) is 15.2 Å². The maximum atomic E-state index is 11.7. The molecule has 0 aromatic carbocycles. The van der Waals surface area contributed by atoms with E-state index in [1.54, 1.807) is 20.8 Å². The summed E-state index contributed by atoms with van der Waals surface area (Å²) in [6, 6.07) is 0. The van der Waals surface area contributed by atoms with Crippen molar-refractivity contribution in [2.45, 2.75) is 38.3 Å². The van der Waals surface area contributed by atoms with E-state index in [1.807, 2.05) is 0 Å². The number of ether oxygens (including phenoxy) is 2. The Morgan fingerprint density at radius 3 is 2.30 bits per heavy atom. The smallest absolute Gasteiger partial charge is 0.408 e. The van der Waals surface area contributed by atoms with Crippen LogP contribution >= 0.6 is 0 Å². The number of amides is 3. The highest BCUT2D eigenvalue weighted by atomic mass is 16.6. The Morgan fingerprint density at radius 1 is 1.30 bits per heavy atom. The van der Waals surface area contributed by atoms with Crippen LogP contribution in [0.4, 0.5) is 4.79 Å². The molecular weight excluding hydrogens is 266 g/mol. The first kappa shape index (κ1) is 16.2. The molecule has 0 radical (unpaired) electrons. The summed E-state index contributed by atoms with van der Waals surface area (Å²) in [5.41, 5.74) is 3.74. The predicted molar refractivity (Wildman–Crippen MR) is 69.7 cm³/mol. The number of rotatable bonds is 5. The highest BCUT2D eigenvalue weighted by molar-refractivity contribution is 5.84. The van der Waals surface area contributed by atoms with Crippen molar-refractivity contribution in [2.75, 3.05) is 19.8 Å². The van der Waals surface area contributed by atoms with Crippen molar-refractivity contribution >= 4 is 17.9 Å². The van der Waals surface area contributed by atoms with Gasteiger partial charge in [-0.3, -0.25) is 9.59 Å². The largest absolute Gasteiger partial charge is 0.444 e. The average molecular weight is 287 g/mol. The van der Waals surface area contributed by atoms with Gasteiger partial charge in [-0.2, -0.15) is 0 Å². The van der Waals surface area contributed by atoms with Crippen molar-refractivity contribution in [3.63, 3.8) is 0 Å². The molecule has 0 saturated carbocycles. The zero-order chi connectivity index (χ0) is 15.4. The van der Waals surface area contributed by atoms with Crippen LogP contribution in [0.5, 0.6) is 0 Å². The van der Waals surface area contributed by atoms with Crippen molar-refractivity contribution in [3.8, 4) is 0 Å². The minimum Gasteiger partial charge on any atom is -0.444 e. The summed E-state index contributed by atoms with van der Waals surface area (Å²) in [6.07, 6.45) is -0.674. The molecule has 1 fully saturated rings. The molecule has 114 valence electrons. The normalized spacial score (nSPS) is 16.8. The second-order valence-electron chi connectivity index (χ2n) is 5.82. The molecule has 3 amide bonds. The SMILES string of the molecule is CC(C)(C)OC(=O)NCC(=O)NC1(CC(N)=O)COC1. The molecule has 8 heteroatoms. The summed E-state index contributed by atoms with van der Waals surface area (Å²) in [4.78, 5) is 34.0. The van der Waals surface area contributed by atoms with Gasteiger partial charge in [0.2, 0.25) is 11.8 Å². The van der Waals surface area contributed by atoms with Crippen molar-refractivity contribution < 1.29 is 23.9 Å². The lowest BCUT2D eigenvalue weighted by Gasteiger charge is -2.41. The Labute approximate surface area is 117 Å². The lowest BCUT2D eigenvalue weighted by atomic mass is 9.92. The molecule has 1 aliphatic heterocycles. The van der Waals surface area contributed by atoms with Crippen LogP contribution in [0.15, 0.2) is 0 Å². The van der Waals surface area contributed by atoms with Crippen LogP contribution in [0, 0.1) is 0 Å². The second-order valence-corrected chi connectivity index (χ2v) is 5.82. The Hall–Kier alpha value is -1.83. The van der Waals surface area contributed by atoms with E-state index in [2.05, 4.69) is 10.6 Å². The van der Waals surface area contributed by atoms with Crippen LogP contribution < -0.4 is 16.4 Å². The Kier molecular flexibility index (Phi) is 4.93. The monoisotopic (exact) mass is 287 g/mol. The fraction of sp³-hybridized carbons (Fsp3) is 0.750. The van der Waals surface area contributed by atoms with Crippen LogP contribution in [-0.4, -0.2) is 48.8 Å². The van der Waals surface area contributed by atoms with E-state index in [1.165, 1.54) is 0 Å². The Balaban J connectivity index is 2.36. The second kappa shape index (κ2) is 6.08. The van der Waals surface area contributed by atoms with Crippen LogP contribution in [0.2, 0.25) is 0 Å². The summed E-state index contributed by atoms with van der Waals surface area (Å²) < 4.78 is 9.99. The van der Waals surface area contributed by atoms with Gasteiger partial charge in [-0.1, -0.05) is 0 Å². The van der Waals surface area contributed by atoms with Gasteiger partial charge in [-0.05, 0) is 20.8 Å². The summed E-state index contributed by atoms with van der Waals surface area (Å²) in [6.45, 7) is 5.39. The minimum atomic E-state index is -0.751. The first-order valence-corrected chi connectivity index (χ1v) is 6.26. The van der Waals surface area contributed by atoms with Crippen molar-refractivity contribution in [2.24, 2.45) is 5.73 Å². The van der Waals surface area contributed by atoms with Gasteiger partial charge in [0.25, 0.3) is 0 Å². The van der Waals surface area contributed by atoms with E-state index < -0.39 is 29.0 Å². The molecule has 0 bridgehead atoms. The Bertz CT molecular complexity index is 398. The van der Waals surface area contributed by atoms with E-state index in [0.717, 1.165) is 0 Å². The number of carbonyl (C=O) groups excluding carboxylic acids is 3. The average Bonchev–Trinajstić information content (AvgIpc) is 2.20. The van der Waals surface area contributed by atoms with Crippen LogP contribution in [0.1, 0.15) is 27.2 Å². The van der Waals surface area contributed by atoms with Crippen molar-refractivity contribution in [1.82, 2.24) is 10.6 Å².